The van der Waals surface area contributed by atoms with Gasteiger partial charge in [0.05, 0.1) is 6.07 Å². The van der Waals surface area contributed by atoms with Gasteiger partial charge in [0.15, 0.2) is 0 Å². The largest absolute Gasteiger partial charge is 0.366 e. The molecular weight excluding hydrogens is 203 g/mol. The molecule has 0 aromatic heterocycles. The van der Waals surface area contributed by atoms with Crippen molar-refractivity contribution >= 4 is 8.07 Å². The van der Waals surface area contributed by atoms with Crippen LogP contribution in [0.1, 0.15) is 48.5 Å². The average molecular weight is 226 g/mol. The molecule has 0 fully saturated rings. The van der Waals surface area contributed by atoms with Crippen LogP contribution in [0.4, 0.5) is 0 Å². The van der Waals surface area contributed by atoms with E-state index in [0.29, 0.717) is 0 Å². The number of allylic oxidation sites excluding steroid dienone is 2. The molecule has 0 aromatic rings. The molecule has 0 saturated heterocycles. The normalized spacial score (nSPS) is 13.9. The van der Waals surface area contributed by atoms with Crippen molar-refractivity contribution in [2.45, 2.75) is 58.8 Å². The van der Waals surface area contributed by atoms with Crippen molar-refractivity contribution in [3.8, 4) is 6.07 Å². The summed E-state index contributed by atoms with van der Waals surface area (Å²) in [5, 5.41) is 12.6. The Morgan fingerprint density at radius 3 is 1.80 bits per heavy atom. The fourth-order valence-corrected chi connectivity index (χ4v) is 4.75. The molecule has 0 atom stereocenters. The first-order valence-electron chi connectivity index (χ1n) is 5.22. The van der Waals surface area contributed by atoms with Crippen molar-refractivity contribution in [3.63, 3.8) is 0 Å². The fourth-order valence-electron chi connectivity index (χ4n) is 1.65. The van der Waals surface area contributed by atoms with Crippen LogP contribution in [-0.2, 0) is 0 Å². The van der Waals surface area contributed by atoms with Crippen LogP contribution < -0.4 is 5.09 Å². The monoisotopic (exact) mass is 226 g/mol. The van der Waals surface area contributed by atoms with Gasteiger partial charge in [-0.2, -0.15) is 5.26 Å². The van der Waals surface area contributed by atoms with Crippen LogP contribution in [0.3, 0.4) is 0 Å². The predicted octanol–water partition coefficient (Wildman–Crippen LogP) is 4.00. The highest BCUT2D eigenvalue weighted by atomic mass is 31.1. The molecule has 2 nitrogen and oxygen atoms in total. The lowest BCUT2D eigenvalue weighted by Crippen LogP contribution is -2.32. The van der Waals surface area contributed by atoms with Crippen molar-refractivity contribution in [1.29, 1.82) is 5.26 Å². The van der Waals surface area contributed by atoms with E-state index in [9.17, 15) is 0 Å². The van der Waals surface area contributed by atoms with Gasteiger partial charge in [0.1, 0.15) is 0 Å². The van der Waals surface area contributed by atoms with Crippen molar-refractivity contribution in [3.05, 3.63) is 11.8 Å². The predicted molar refractivity (Wildman–Crippen MR) is 68.9 cm³/mol. The van der Waals surface area contributed by atoms with E-state index in [4.69, 9.17) is 5.26 Å². The molecule has 0 amide bonds. The molecule has 0 rings (SSSR count). The first-order valence-corrected chi connectivity index (χ1v) is 6.56. The first-order chi connectivity index (χ1) is 6.59. The zero-order chi connectivity index (χ0) is 12.3. The molecule has 0 aliphatic heterocycles. The summed E-state index contributed by atoms with van der Waals surface area (Å²) in [4.78, 5) is 0. The lowest BCUT2D eigenvalue weighted by atomic mass is 10.2. The van der Waals surface area contributed by atoms with Crippen LogP contribution in [-0.4, -0.2) is 10.3 Å². The Labute approximate surface area is 95.6 Å². The van der Waals surface area contributed by atoms with E-state index in [2.05, 4.69) is 52.7 Å². The van der Waals surface area contributed by atoms with E-state index in [1.165, 1.54) is 0 Å². The van der Waals surface area contributed by atoms with Gasteiger partial charge in [0, 0.05) is 22.1 Å². The van der Waals surface area contributed by atoms with E-state index >= 15 is 0 Å². The summed E-state index contributed by atoms with van der Waals surface area (Å²) >= 11 is 0. The Hall–Kier alpha value is -0.540. The van der Waals surface area contributed by atoms with Crippen molar-refractivity contribution in [2.24, 2.45) is 0 Å². The minimum Gasteiger partial charge on any atom is -0.366 e. The molecule has 0 bridgehead atoms. The SMILES string of the molecule is C/C(=C\C#N)NP(C(C)(C)C)C(C)(C)C. The molecule has 15 heavy (non-hydrogen) atoms. The van der Waals surface area contributed by atoms with Crippen LogP contribution in [0.2, 0.25) is 0 Å². The fraction of sp³-hybridized carbons (Fsp3) is 0.750. The van der Waals surface area contributed by atoms with Crippen LogP contribution in [0.25, 0.3) is 0 Å². The molecule has 0 saturated carbocycles. The summed E-state index contributed by atoms with van der Waals surface area (Å²) < 4.78 is 0. The second-order valence-electron chi connectivity index (χ2n) is 5.75. The number of hydrogen-bond acceptors (Lipinski definition) is 2. The highest BCUT2D eigenvalue weighted by molar-refractivity contribution is 7.58. The highest BCUT2D eigenvalue weighted by Crippen LogP contribution is 2.56. The van der Waals surface area contributed by atoms with Crippen molar-refractivity contribution in [1.82, 2.24) is 5.09 Å². The van der Waals surface area contributed by atoms with Gasteiger partial charge in [-0.3, -0.25) is 0 Å². The number of hydrogen-bond donors (Lipinski definition) is 1. The summed E-state index contributed by atoms with van der Waals surface area (Å²) in [6.45, 7) is 15.4. The van der Waals surface area contributed by atoms with E-state index in [1.807, 2.05) is 6.92 Å². The third-order valence-electron chi connectivity index (χ3n) is 1.91. The quantitative estimate of drug-likeness (QED) is 0.570. The van der Waals surface area contributed by atoms with Gasteiger partial charge in [-0.05, 0) is 15.0 Å². The molecule has 0 unspecified atom stereocenters. The molecule has 0 aromatic carbocycles. The Morgan fingerprint density at radius 1 is 1.13 bits per heavy atom. The number of nitriles is 1. The summed E-state index contributed by atoms with van der Waals surface area (Å²) in [6.07, 6.45) is 1.58. The van der Waals surface area contributed by atoms with Gasteiger partial charge in [-0.25, -0.2) is 0 Å². The van der Waals surface area contributed by atoms with Crippen LogP contribution in [0, 0.1) is 11.3 Å². The Balaban J connectivity index is 4.87. The first kappa shape index (κ1) is 14.5. The summed E-state index contributed by atoms with van der Waals surface area (Å²) in [5.41, 5.74) is 0.966. The molecule has 0 radical (unpaired) electrons. The van der Waals surface area contributed by atoms with E-state index in [1.54, 1.807) is 6.08 Å². The van der Waals surface area contributed by atoms with Crippen molar-refractivity contribution in [2.75, 3.05) is 0 Å². The van der Waals surface area contributed by atoms with E-state index in [-0.39, 0.29) is 18.4 Å². The molecule has 86 valence electrons. The third kappa shape index (κ3) is 5.19. The third-order valence-corrected chi connectivity index (χ3v) is 5.17. The number of nitrogens with one attached hydrogen (secondary N) is 1. The summed E-state index contributed by atoms with van der Waals surface area (Å²) in [6, 6.07) is 2.06. The lowest BCUT2D eigenvalue weighted by Gasteiger charge is -2.42. The van der Waals surface area contributed by atoms with Gasteiger partial charge in [0.25, 0.3) is 0 Å². The second-order valence-corrected chi connectivity index (χ2v) is 9.32. The second kappa shape index (κ2) is 4.99. The topological polar surface area (TPSA) is 35.8 Å². The molecule has 1 N–H and O–H groups in total. The molecule has 0 heterocycles. The molecule has 0 aliphatic rings. The van der Waals surface area contributed by atoms with Crippen LogP contribution in [0.5, 0.6) is 0 Å². The zero-order valence-electron chi connectivity index (χ0n) is 11.0. The van der Waals surface area contributed by atoms with Gasteiger partial charge < -0.3 is 5.09 Å². The van der Waals surface area contributed by atoms with Crippen LogP contribution >= 0.6 is 8.07 Å². The van der Waals surface area contributed by atoms with Crippen LogP contribution in [0.15, 0.2) is 11.8 Å². The maximum absolute atomic E-state index is 8.60. The zero-order valence-corrected chi connectivity index (χ0v) is 11.9. The summed E-state index contributed by atoms with van der Waals surface area (Å²) in [7, 11) is -0.363. The highest BCUT2D eigenvalue weighted by Gasteiger charge is 2.34. The Bertz CT molecular complexity index is 259. The minimum atomic E-state index is -0.363. The minimum absolute atomic E-state index is 0.234. The van der Waals surface area contributed by atoms with Gasteiger partial charge in [-0.15, -0.1) is 0 Å². The molecular formula is C12H23N2P. The van der Waals surface area contributed by atoms with Crippen molar-refractivity contribution < 1.29 is 0 Å². The summed E-state index contributed by atoms with van der Waals surface area (Å²) in [5.74, 6) is 0. The van der Waals surface area contributed by atoms with E-state index in [0.717, 1.165) is 5.70 Å². The van der Waals surface area contributed by atoms with E-state index < -0.39 is 0 Å². The lowest BCUT2D eigenvalue weighted by molar-refractivity contribution is 0.693. The Kier molecular flexibility index (Phi) is 4.81. The average Bonchev–Trinajstić information content (AvgIpc) is 1.96. The van der Waals surface area contributed by atoms with Gasteiger partial charge in [0.2, 0.25) is 0 Å². The molecule has 0 aliphatic carbocycles. The molecule has 0 spiro atoms. The number of rotatable bonds is 2. The smallest absolute Gasteiger partial charge is 0.0930 e. The maximum atomic E-state index is 8.60. The van der Waals surface area contributed by atoms with Gasteiger partial charge >= 0.3 is 0 Å². The number of nitrogens with zero attached hydrogens (tertiary/aromatic N) is 1. The van der Waals surface area contributed by atoms with Gasteiger partial charge in [-0.1, -0.05) is 41.5 Å². The standard InChI is InChI=1S/C12H23N2P/c1-10(8-9-13)14-15(11(2,3)4)12(5,6)7/h8,14H,1-7H3/b10-8+. The Morgan fingerprint density at radius 2 is 1.53 bits per heavy atom. The molecule has 3 heteroatoms. The maximum Gasteiger partial charge on any atom is 0.0930 e.